The van der Waals surface area contributed by atoms with Crippen molar-refractivity contribution in [3.05, 3.63) is 29.6 Å². The van der Waals surface area contributed by atoms with Crippen molar-refractivity contribution in [1.29, 1.82) is 5.26 Å². The zero-order valence-electron chi connectivity index (χ0n) is 11.1. The molecular weight excluding hydrogens is 279 g/mol. The third kappa shape index (κ3) is 3.70. The fourth-order valence-electron chi connectivity index (χ4n) is 2.60. The van der Waals surface area contributed by atoms with E-state index in [1.54, 1.807) is 6.07 Å². The van der Waals surface area contributed by atoms with Gasteiger partial charge in [-0.2, -0.15) is 5.26 Å². The van der Waals surface area contributed by atoms with E-state index in [2.05, 4.69) is 4.72 Å². The van der Waals surface area contributed by atoms with E-state index in [0.717, 1.165) is 38.2 Å². The largest absolute Gasteiger partial charge is 0.282 e. The molecule has 4 nitrogen and oxygen atoms in total. The topological polar surface area (TPSA) is 70.0 Å². The molecule has 1 aliphatic carbocycles. The Bertz CT molecular complexity index is 617. The summed E-state index contributed by atoms with van der Waals surface area (Å²) in [4.78, 5) is 0. The lowest BCUT2D eigenvalue weighted by Gasteiger charge is -2.21. The number of nitrogens with zero attached hydrogens (tertiary/aromatic N) is 1. The van der Waals surface area contributed by atoms with E-state index < -0.39 is 15.8 Å². The van der Waals surface area contributed by atoms with Crippen LogP contribution >= 0.6 is 0 Å². The van der Waals surface area contributed by atoms with Gasteiger partial charge in [-0.25, -0.2) is 12.8 Å². The van der Waals surface area contributed by atoms with Gasteiger partial charge in [0.15, 0.2) is 0 Å². The predicted molar refractivity (Wildman–Crippen MR) is 75.1 cm³/mol. The van der Waals surface area contributed by atoms with Crippen LogP contribution in [0, 0.1) is 23.1 Å². The Balaban J connectivity index is 2.12. The third-order valence-corrected chi connectivity index (χ3v) is 5.01. The molecule has 0 bridgehead atoms. The highest BCUT2D eigenvalue weighted by molar-refractivity contribution is 7.92. The molecule has 1 saturated carbocycles. The summed E-state index contributed by atoms with van der Waals surface area (Å²) in [7, 11) is -3.55. The molecule has 1 aromatic carbocycles. The summed E-state index contributed by atoms with van der Waals surface area (Å²) >= 11 is 0. The van der Waals surface area contributed by atoms with Gasteiger partial charge in [-0.3, -0.25) is 4.72 Å². The maximum atomic E-state index is 13.4. The van der Waals surface area contributed by atoms with Crippen LogP contribution in [0.15, 0.2) is 18.2 Å². The van der Waals surface area contributed by atoms with Gasteiger partial charge in [0.05, 0.1) is 11.4 Å². The molecule has 6 heteroatoms. The van der Waals surface area contributed by atoms with Crippen LogP contribution in [0.5, 0.6) is 0 Å². The Morgan fingerprint density at radius 2 is 2.00 bits per heavy atom. The van der Waals surface area contributed by atoms with Gasteiger partial charge in [0, 0.05) is 0 Å². The first-order valence-corrected chi connectivity index (χ1v) is 8.36. The zero-order valence-corrected chi connectivity index (χ0v) is 11.9. The molecule has 0 atom stereocenters. The van der Waals surface area contributed by atoms with E-state index in [4.69, 9.17) is 5.26 Å². The minimum absolute atomic E-state index is 0.0170. The lowest BCUT2D eigenvalue weighted by atomic mass is 9.91. The number of nitrogens with one attached hydrogen (secondary N) is 1. The first-order chi connectivity index (χ1) is 9.52. The van der Waals surface area contributed by atoms with Gasteiger partial charge in [-0.15, -0.1) is 0 Å². The second-order valence-electron chi connectivity index (χ2n) is 5.16. The molecule has 20 heavy (non-hydrogen) atoms. The summed E-state index contributed by atoms with van der Waals surface area (Å²) in [5, 5.41) is 8.89. The predicted octanol–water partition coefficient (Wildman–Crippen LogP) is 3.02. The normalized spacial score (nSPS) is 16.6. The smallest absolute Gasteiger partial charge is 0.233 e. The van der Waals surface area contributed by atoms with Gasteiger partial charge in [0.25, 0.3) is 0 Å². The minimum Gasteiger partial charge on any atom is -0.282 e. The van der Waals surface area contributed by atoms with Crippen LogP contribution in [0.3, 0.4) is 0 Å². The lowest BCUT2D eigenvalue weighted by molar-refractivity contribution is 0.385. The molecule has 0 heterocycles. The molecule has 1 N–H and O–H groups in total. The van der Waals surface area contributed by atoms with Crippen LogP contribution < -0.4 is 4.72 Å². The van der Waals surface area contributed by atoms with Crippen molar-refractivity contribution in [2.24, 2.45) is 5.92 Å². The number of benzene rings is 1. The molecular formula is C14H17FN2O2S. The standard InChI is InChI=1S/C14H17FN2O2S/c15-13-7-4-8-14(12(13)9-16)17-20(18,19)10-11-5-2-1-3-6-11/h4,7-8,11,17H,1-3,5-6,10H2. The number of sulfonamides is 1. The number of hydrogen-bond donors (Lipinski definition) is 1. The van der Waals surface area contributed by atoms with Gasteiger partial charge in [-0.05, 0) is 30.9 Å². The van der Waals surface area contributed by atoms with Crippen molar-refractivity contribution in [3.8, 4) is 6.07 Å². The Kier molecular flexibility index (Phi) is 4.61. The van der Waals surface area contributed by atoms with Crippen LogP contribution in [0.4, 0.5) is 10.1 Å². The van der Waals surface area contributed by atoms with E-state index in [1.165, 1.54) is 12.1 Å². The zero-order chi connectivity index (χ0) is 14.6. The van der Waals surface area contributed by atoms with E-state index in [1.807, 2.05) is 0 Å². The highest BCUT2D eigenvalue weighted by Gasteiger charge is 2.22. The maximum Gasteiger partial charge on any atom is 0.233 e. The average Bonchev–Trinajstić information content (AvgIpc) is 2.39. The van der Waals surface area contributed by atoms with Crippen molar-refractivity contribution in [2.75, 3.05) is 10.5 Å². The van der Waals surface area contributed by atoms with Crippen LogP contribution in [-0.4, -0.2) is 14.2 Å². The first kappa shape index (κ1) is 14.8. The fourth-order valence-corrected chi connectivity index (χ4v) is 4.14. The van der Waals surface area contributed by atoms with Crippen LogP contribution in [0.25, 0.3) is 0 Å². The van der Waals surface area contributed by atoms with E-state index in [0.29, 0.717) is 0 Å². The molecule has 0 unspecified atom stereocenters. The Labute approximate surface area is 118 Å². The number of halogens is 1. The molecule has 0 aliphatic heterocycles. The average molecular weight is 296 g/mol. The molecule has 1 aliphatic rings. The van der Waals surface area contributed by atoms with Crippen LogP contribution in [0.1, 0.15) is 37.7 Å². The van der Waals surface area contributed by atoms with Gasteiger partial charge in [-0.1, -0.05) is 25.3 Å². The maximum absolute atomic E-state index is 13.4. The Hall–Kier alpha value is -1.61. The summed E-state index contributed by atoms with van der Waals surface area (Å²) in [6, 6.07) is 5.61. The number of hydrogen-bond acceptors (Lipinski definition) is 3. The SMILES string of the molecule is N#Cc1c(F)cccc1NS(=O)(=O)CC1CCCCC1. The van der Waals surface area contributed by atoms with Crippen LogP contribution in [0.2, 0.25) is 0 Å². The molecule has 0 aromatic heterocycles. The van der Waals surface area contributed by atoms with Crippen molar-refractivity contribution in [1.82, 2.24) is 0 Å². The molecule has 1 fully saturated rings. The number of nitriles is 1. The van der Waals surface area contributed by atoms with Gasteiger partial charge < -0.3 is 0 Å². The van der Waals surface area contributed by atoms with Crippen molar-refractivity contribution >= 4 is 15.7 Å². The molecule has 1 aromatic rings. The molecule has 2 rings (SSSR count). The molecule has 0 spiro atoms. The molecule has 0 saturated heterocycles. The van der Waals surface area contributed by atoms with E-state index in [9.17, 15) is 12.8 Å². The molecule has 0 amide bonds. The van der Waals surface area contributed by atoms with Gasteiger partial charge >= 0.3 is 0 Å². The van der Waals surface area contributed by atoms with Crippen molar-refractivity contribution in [3.63, 3.8) is 0 Å². The van der Waals surface area contributed by atoms with Gasteiger partial charge in [0.2, 0.25) is 10.0 Å². The molecule has 108 valence electrons. The Morgan fingerprint density at radius 3 is 2.65 bits per heavy atom. The lowest BCUT2D eigenvalue weighted by Crippen LogP contribution is -2.24. The first-order valence-electron chi connectivity index (χ1n) is 6.71. The summed E-state index contributed by atoms with van der Waals surface area (Å²) in [5.74, 6) is -0.528. The third-order valence-electron chi connectivity index (χ3n) is 3.57. The second kappa shape index (κ2) is 6.23. The highest BCUT2D eigenvalue weighted by atomic mass is 32.2. The van der Waals surface area contributed by atoms with E-state index in [-0.39, 0.29) is 22.9 Å². The quantitative estimate of drug-likeness (QED) is 0.928. The summed E-state index contributed by atoms with van der Waals surface area (Å²) < 4.78 is 40.0. The van der Waals surface area contributed by atoms with Crippen molar-refractivity contribution in [2.45, 2.75) is 32.1 Å². The monoisotopic (exact) mass is 296 g/mol. The van der Waals surface area contributed by atoms with Crippen LogP contribution in [-0.2, 0) is 10.0 Å². The second-order valence-corrected chi connectivity index (χ2v) is 6.93. The van der Waals surface area contributed by atoms with Crippen molar-refractivity contribution < 1.29 is 12.8 Å². The summed E-state index contributed by atoms with van der Waals surface area (Å²) in [6.45, 7) is 0. The minimum atomic E-state index is -3.55. The number of rotatable bonds is 4. The molecule has 0 radical (unpaired) electrons. The number of anilines is 1. The highest BCUT2D eigenvalue weighted by Crippen LogP contribution is 2.26. The Morgan fingerprint density at radius 1 is 1.30 bits per heavy atom. The van der Waals surface area contributed by atoms with Gasteiger partial charge in [0.1, 0.15) is 17.4 Å². The summed E-state index contributed by atoms with van der Waals surface area (Å²) in [6.07, 6.45) is 5.10. The fraction of sp³-hybridized carbons (Fsp3) is 0.500. The summed E-state index contributed by atoms with van der Waals surface area (Å²) in [5.41, 5.74) is -0.247. The van der Waals surface area contributed by atoms with E-state index >= 15 is 0 Å².